The number of para-hydroxylation sites is 1. The van der Waals surface area contributed by atoms with Gasteiger partial charge in [0, 0.05) is 16.9 Å². The van der Waals surface area contributed by atoms with Crippen molar-refractivity contribution in [1.82, 2.24) is 14.8 Å². The summed E-state index contributed by atoms with van der Waals surface area (Å²) in [5.41, 5.74) is 3.75. The zero-order valence-corrected chi connectivity index (χ0v) is 21.7. The molecule has 1 heterocycles. The third-order valence-electron chi connectivity index (χ3n) is 6.02. The van der Waals surface area contributed by atoms with Crippen LogP contribution in [0.15, 0.2) is 78.0 Å². The molecule has 0 aliphatic heterocycles. The zero-order valence-electron chi connectivity index (χ0n) is 20.9. The Kier molecular flexibility index (Phi) is 8.28. The van der Waals surface area contributed by atoms with Crippen LogP contribution in [-0.2, 0) is 4.79 Å². The lowest BCUT2D eigenvalue weighted by atomic mass is 9.97. The smallest absolute Gasteiger partial charge is 0.234 e. The van der Waals surface area contributed by atoms with Gasteiger partial charge in [-0.1, -0.05) is 43.8 Å². The summed E-state index contributed by atoms with van der Waals surface area (Å²) < 4.78 is 12.6. The van der Waals surface area contributed by atoms with Gasteiger partial charge < -0.3 is 14.8 Å². The Morgan fingerprint density at radius 2 is 1.58 bits per heavy atom. The number of aromatic nitrogens is 3. The van der Waals surface area contributed by atoms with Crippen LogP contribution in [0, 0.1) is 0 Å². The monoisotopic (exact) mass is 502 g/mol. The average Bonchev–Trinajstić information content (AvgIpc) is 3.35. The molecule has 0 radical (unpaired) electrons. The highest BCUT2D eigenvalue weighted by molar-refractivity contribution is 7.99. The Balaban J connectivity index is 1.59. The molecule has 4 rings (SSSR count). The van der Waals surface area contributed by atoms with Gasteiger partial charge in [0.05, 0.1) is 20.0 Å². The summed E-state index contributed by atoms with van der Waals surface area (Å²) in [6.45, 7) is 4.31. The lowest BCUT2D eigenvalue weighted by Crippen LogP contribution is -2.16. The molecule has 186 valence electrons. The van der Waals surface area contributed by atoms with Gasteiger partial charge in [0.1, 0.15) is 11.5 Å². The molecule has 4 aromatic rings. The molecule has 1 unspecified atom stereocenters. The van der Waals surface area contributed by atoms with Crippen molar-refractivity contribution in [3.8, 4) is 28.6 Å². The van der Waals surface area contributed by atoms with Gasteiger partial charge in [0.25, 0.3) is 0 Å². The number of hydrogen-bond acceptors (Lipinski definition) is 6. The second kappa shape index (κ2) is 11.8. The normalized spacial score (nSPS) is 11.7. The molecule has 0 saturated carbocycles. The third-order valence-corrected chi connectivity index (χ3v) is 6.95. The lowest BCUT2D eigenvalue weighted by molar-refractivity contribution is -0.113. The first-order valence-electron chi connectivity index (χ1n) is 11.8. The first kappa shape index (κ1) is 25.3. The van der Waals surface area contributed by atoms with E-state index in [9.17, 15) is 4.79 Å². The number of benzene rings is 3. The molecule has 1 atom stereocenters. The maximum atomic E-state index is 12.9. The van der Waals surface area contributed by atoms with Crippen LogP contribution in [0.1, 0.15) is 31.7 Å². The molecular formula is C28H30N4O3S. The topological polar surface area (TPSA) is 78.3 Å². The Hall–Kier alpha value is -3.78. The van der Waals surface area contributed by atoms with E-state index < -0.39 is 0 Å². The highest BCUT2D eigenvalue weighted by atomic mass is 32.2. The number of rotatable bonds is 10. The minimum atomic E-state index is -0.0916. The van der Waals surface area contributed by atoms with Crippen LogP contribution in [0.4, 0.5) is 5.69 Å². The van der Waals surface area contributed by atoms with E-state index in [4.69, 9.17) is 9.47 Å². The van der Waals surface area contributed by atoms with E-state index in [0.717, 1.165) is 40.4 Å². The summed E-state index contributed by atoms with van der Waals surface area (Å²) >= 11 is 1.34. The summed E-state index contributed by atoms with van der Waals surface area (Å²) in [5, 5.41) is 12.6. The minimum absolute atomic E-state index is 0.0916. The van der Waals surface area contributed by atoms with Crippen LogP contribution in [0.25, 0.3) is 17.1 Å². The predicted molar refractivity (Wildman–Crippen MR) is 144 cm³/mol. The summed E-state index contributed by atoms with van der Waals surface area (Å²) in [7, 11) is 3.27. The van der Waals surface area contributed by atoms with Gasteiger partial charge in [-0.2, -0.15) is 0 Å². The fourth-order valence-corrected chi connectivity index (χ4v) is 4.58. The van der Waals surface area contributed by atoms with E-state index in [1.807, 2.05) is 71.3 Å². The third kappa shape index (κ3) is 5.71. The Bertz CT molecular complexity index is 1300. The van der Waals surface area contributed by atoms with Crippen molar-refractivity contribution < 1.29 is 14.3 Å². The lowest BCUT2D eigenvalue weighted by Gasteiger charge is -2.15. The molecular weight excluding hydrogens is 472 g/mol. The van der Waals surface area contributed by atoms with Crippen LogP contribution in [-0.4, -0.2) is 40.6 Å². The van der Waals surface area contributed by atoms with Crippen LogP contribution >= 0.6 is 11.8 Å². The number of amides is 1. The maximum Gasteiger partial charge on any atom is 0.234 e. The molecule has 7 nitrogen and oxygen atoms in total. The summed E-state index contributed by atoms with van der Waals surface area (Å²) in [5.74, 6) is 2.66. The van der Waals surface area contributed by atoms with E-state index in [1.165, 1.54) is 11.8 Å². The first-order valence-corrected chi connectivity index (χ1v) is 12.8. The molecule has 8 heteroatoms. The Morgan fingerprint density at radius 3 is 2.22 bits per heavy atom. The number of carbonyl (C=O) groups is 1. The van der Waals surface area contributed by atoms with Gasteiger partial charge in [-0.15, -0.1) is 10.2 Å². The summed E-state index contributed by atoms with van der Waals surface area (Å²) in [6.07, 6.45) is 1.00. The average molecular weight is 503 g/mol. The van der Waals surface area contributed by atoms with Crippen molar-refractivity contribution in [3.05, 3.63) is 78.4 Å². The van der Waals surface area contributed by atoms with Crippen LogP contribution in [0.5, 0.6) is 11.5 Å². The highest BCUT2D eigenvalue weighted by Crippen LogP contribution is 2.31. The minimum Gasteiger partial charge on any atom is -0.497 e. The van der Waals surface area contributed by atoms with Crippen molar-refractivity contribution >= 4 is 23.4 Å². The van der Waals surface area contributed by atoms with E-state index in [1.54, 1.807) is 14.2 Å². The SMILES string of the molecule is CCC(C)c1ccccc1NC(=O)CSc1nnc(-c2ccc(OC)cc2)n1-c1ccc(OC)cc1. The fraction of sp³-hybridized carbons (Fsp3) is 0.250. The maximum absolute atomic E-state index is 12.9. The summed E-state index contributed by atoms with van der Waals surface area (Å²) in [4.78, 5) is 12.9. The number of carbonyl (C=O) groups excluding carboxylic acids is 1. The van der Waals surface area contributed by atoms with Crippen LogP contribution in [0.2, 0.25) is 0 Å². The molecule has 1 N–H and O–H groups in total. The quantitative estimate of drug-likeness (QED) is 0.260. The van der Waals surface area contributed by atoms with E-state index in [0.29, 0.717) is 16.9 Å². The van der Waals surface area contributed by atoms with Crippen LogP contribution < -0.4 is 14.8 Å². The molecule has 36 heavy (non-hydrogen) atoms. The van der Waals surface area contributed by atoms with Crippen molar-refractivity contribution in [2.24, 2.45) is 0 Å². The molecule has 0 saturated heterocycles. The number of methoxy groups -OCH3 is 2. The molecule has 1 aromatic heterocycles. The number of nitrogens with zero attached hydrogens (tertiary/aromatic N) is 3. The van der Waals surface area contributed by atoms with Crippen molar-refractivity contribution in [3.63, 3.8) is 0 Å². The van der Waals surface area contributed by atoms with E-state index >= 15 is 0 Å². The number of nitrogens with one attached hydrogen (secondary N) is 1. The second-order valence-electron chi connectivity index (χ2n) is 8.30. The number of thioether (sulfide) groups is 1. The predicted octanol–water partition coefficient (Wildman–Crippen LogP) is 6.20. The number of anilines is 1. The van der Waals surface area contributed by atoms with Gasteiger partial charge >= 0.3 is 0 Å². The van der Waals surface area contributed by atoms with Gasteiger partial charge in [-0.05, 0) is 72.5 Å². The second-order valence-corrected chi connectivity index (χ2v) is 9.24. The Labute approximate surface area is 215 Å². The first-order chi connectivity index (χ1) is 17.5. The number of hydrogen-bond donors (Lipinski definition) is 1. The van der Waals surface area contributed by atoms with Gasteiger partial charge in [0.15, 0.2) is 11.0 Å². The molecule has 0 fully saturated rings. The van der Waals surface area contributed by atoms with Crippen LogP contribution in [0.3, 0.4) is 0 Å². The van der Waals surface area contributed by atoms with Gasteiger partial charge in [-0.3, -0.25) is 9.36 Å². The van der Waals surface area contributed by atoms with E-state index in [2.05, 4.69) is 35.4 Å². The summed E-state index contributed by atoms with van der Waals surface area (Å²) in [6, 6.07) is 23.3. The van der Waals surface area contributed by atoms with Crippen molar-refractivity contribution in [2.45, 2.75) is 31.3 Å². The zero-order chi connectivity index (χ0) is 25.5. The molecule has 3 aromatic carbocycles. The van der Waals surface area contributed by atoms with Gasteiger partial charge in [-0.25, -0.2) is 0 Å². The molecule has 0 bridgehead atoms. The molecule has 0 spiro atoms. The standard InChI is InChI=1S/C28H30N4O3S/c1-5-19(2)24-8-6-7-9-25(24)29-26(33)18-36-28-31-30-27(20-10-14-22(34-3)15-11-20)32(28)21-12-16-23(35-4)17-13-21/h6-17,19H,5,18H2,1-4H3,(H,29,33). The number of ether oxygens (including phenoxy) is 2. The van der Waals surface area contributed by atoms with Crippen molar-refractivity contribution in [1.29, 1.82) is 0 Å². The fourth-order valence-electron chi connectivity index (χ4n) is 3.83. The van der Waals surface area contributed by atoms with Crippen molar-refractivity contribution in [2.75, 3.05) is 25.3 Å². The Morgan fingerprint density at radius 1 is 0.944 bits per heavy atom. The molecule has 0 aliphatic carbocycles. The largest absolute Gasteiger partial charge is 0.497 e. The molecule has 0 aliphatic rings. The molecule has 1 amide bonds. The van der Waals surface area contributed by atoms with Gasteiger partial charge in [0.2, 0.25) is 5.91 Å². The van der Waals surface area contributed by atoms with E-state index in [-0.39, 0.29) is 11.7 Å². The highest BCUT2D eigenvalue weighted by Gasteiger charge is 2.18.